The molecular formula is C30H35NO4S. The van der Waals surface area contributed by atoms with Gasteiger partial charge in [-0.15, -0.1) is 11.8 Å². The third-order valence-corrected chi connectivity index (χ3v) is 9.14. The Labute approximate surface area is 218 Å². The summed E-state index contributed by atoms with van der Waals surface area (Å²) in [7, 11) is 0. The molecule has 0 spiro atoms. The fraction of sp³-hybridized carbons (Fsp3) is 0.400. The van der Waals surface area contributed by atoms with Crippen molar-refractivity contribution < 1.29 is 19.7 Å². The quantitative estimate of drug-likeness (QED) is 0.368. The largest absolute Gasteiger partial charge is 0.508 e. The molecule has 0 unspecified atom stereocenters. The van der Waals surface area contributed by atoms with Crippen molar-refractivity contribution >= 4 is 11.8 Å². The van der Waals surface area contributed by atoms with Crippen LogP contribution in [-0.4, -0.2) is 41.4 Å². The lowest BCUT2D eigenvalue weighted by Crippen LogP contribution is -2.31. The summed E-state index contributed by atoms with van der Waals surface area (Å²) in [5.41, 5.74) is 2.51. The lowest BCUT2D eigenvalue weighted by molar-refractivity contribution is 0.187. The summed E-state index contributed by atoms with van der Waals surface area (Å²) in [6.07, 6.45) is 1.04. The molecule has 2 heterocycles. The Morgan fingerprint density at radius 3 is 2.39 bits per heavy atom. The molecule has 5 rings (SSSR count). The zero-order chi connectivity index (χ0) is 25.3. The summed E-state index contributed by atoms with van der Waals surface area (Å²) in [6.45, 7) is 11.0. The first-order chi connectivity index (χ1) is 17.3. The SMILES string of the molecule is CC(C)[C@]1(C)CCN(CCOc2ccc([C@@H]3Oc4ccc(O)cc4S[C@@H]3c3ccc(O)cc3)cc2)C1. The average molecular weight is 506 g/mol. The Balaban J connectivity index is 1.27. The molecule has 0 aliphatic carbocycles. The summed E-state index contributed by atoms with van der Waals surface area (Å²) < 4.78 is 12.5. The van der Waals surface area contributed by atoms with Crippen LogP contribution in [0.3, 0.4) is 0 Å². The number of hydrogen-bond donors (Lipinski definition) is 2. The van der Waals surface area contributed by atoms with E-state index in [0.29, 0.717) is 17.9 Å². The Morgan fingerprint density at radius 2 is 1.69 bits per heavy atom. The third kappa shape index (κ3) is 5.30. The number of rotatable bonds is 7. The van der Waals surface area contributed by atoms with E-state index in [-0.39, 0.29) is 22.9 Å². The van der Waals surface area contributed by atoms with Gasteiger partial charge in [-0.3, -0.25) is 4.90 Å². The molecule has 0 radical (unpaired) electrons. The van der Waals surface area contributed by atoms with Gasteiger partial charge in [0, 0.05) is 13.1 Å². The fourth-order valence-corrected chi connectivity index (χ4v) is 6.35. The van der Waals surface area contributed by atoms with E-state index in [9.17, 15) is 10.2 Å². The van der Waals surface area contributed by atoms with Gasteiger partial charge in [0.15, 0.2) is 0 Å². The van der Waals surface area contributed by atoms with Crippen LogP contribution in [-0.2, 0) is 0 Å². The Hall–Kier alpha value is -2.83. The zero-order valence-electron chi connectivity index (χ0n) is 21.2. The molecule has 1 saturated heterocycles. The predicted octanol–water partition coefficient (Wildman–Crippen LogP) is 6.81. The van der Waals surface area contributed by atoms with Crippen LogP contribution in [0.15, 0.2) is 71.6 Å². The van der Waals surface area contributed by atoms with E-state index in [4.69, 9.17) is 9.47 Å². The van der Waals surface area contributed by atoms with Crippen molar-refractivity contribution in [3.8, 4) is 23.0 Å². The van der Waals surface area contributed by atoms with Crippen molar-refractivity contribution in [3.05, 3.63) is 77.9 Å². The molecular weight excluding hydrogens is 470 g/mol. The number of fused-ring (bicyclic) bond motifs is 1. The van der Waals surface area contributed by atoms with Gasteiger partial charge in [-0.25, -0.2) is 0 Å². The fourth-order valence-electron chi connectivity index (χ4n) is 5.02. The van der Waals surface area contributed by atoms with Gasteiger partial charge in [0.1, 0.15) is 35.7 Å². The highest BCUT2D eigenvalue weighted by Crippen LogP contribution is 2.54. The monoisotopic (exact) mass is 505 g/mol. The number of nitrogens with zero attached hydrogens (tertiary/aromatic N) is 1. The molecule has 2 aliphatic rings. The molecule has 0 saturated carbocycles. The molecule has 2 aliphatic heterocycles. The Kier molecular flexibility index (Phi) is 7.09. The van der Waals surface area contributed by atoms with E-state index >= 15 is 0 Å². The number of thioether (sulfide) groups is 1. The van der Waals surface area contributed by atoms with E-state index in [1.54, 1.807) is 36.0 Å². The minimum atomic E-state index is -0.219. The predicted molar refractivity (Wildman–Crippen MR) is 144 cm³/mol. The van der Waals surface area contributed by atoms with Gasteiger partial charge in [0.05, 0.1) is 10.1 Å². The first-order valence-corrected chi connectivity index (χ1v) is 13.6. The molecule has 3 aromatic rings. The second kappa shape index (κ2) is 10.3. The molecule has 0 bridgehead atoms. The van der Waals surface area contributed by atoms with Gasteiger partial charge in [0.2, 0.25) is 0 Å². The van der Waals surface area contributed by atoms with Crippen LogP contribution in [0.5, 0.6) is 23.0 Å². The van der Waals surface area contributed by atoms with E-state index in [1.807, 2.05) is 30.3 Å². The van der Waals surface area contributed by atoms with E-state index in [1.165, 1.54) is 6.42 Å². The number of benzene rings is 3. The summed E-state index contributed by atoms with van der Waals surface area (Å²) in [4.78, 5) is 3.42. The molecule has 3 atom stereocenters. The molecule has 190 valence electrons. The van der Waals surface area contributed by atoms with Crippen molar-refractivity contribution in [1.82, 2.24) is 4.90 Å². The third-order valence-electron chi connectivity index (χ3n) is 7.79. The topological polar surface area (TPSA) is 62.2 Å². The molecule has 6 heteroatoms. The average Bonchev–Trinajstić information content (AvgIpc) is 3.26. The van der Waals surface area contributed by atoms with E-state index in [2.05, 4.69) is 37.8 Å². The van der Waals surface area contributed by atoms with Crippen LogP contribution in [0.2, 0.25) is 0 Å². The number of ether oxygens (including phenoxy) is 2. The highest BCUT2D eigenvalue weighted by molar-refractivity contribution is 7.99. The van der Waals surface area contributed by atoms with Crippen LogP contribution in [0.25, 0.3) is 0 Å². The maximum atomic E-state index is 9.97. The van der Waals surface area contributed by atoms with Crippen LogP contribution in [0.1, 0.15) is 49.7 Å². The van der Waals surface area contributed by atoms with Gasteiger partial charge in [-0.05, 0) is 77.9 Å². The van der Waals surface area contributed by atoms with Crippen molar-refractivity contribution in [2.24, 2.45) is 11.3 Å². The molecule has 3 aromatic carbocycles. The minimum Gasteiger partial charge on any atom is -0.508 e. The summed E-state index contributed by atoms with van der Waals surface area (Å²) in [5.74, 6) is 2.77. The number of phenols is 2. The van der Waals surface area contributed by atoms with Crippen molar-refractivity contribution in [3.63, 3.8) is 0 Å². The molecule has 0 aromatic heterocycles. The van der Waals surface area contributed by atoms with Crippen molar-refractivity contribution in [1.29, 1.82) is 0 Å². The number of phenolic OH excluding ortho intramolecular Hbond substituents is 2. The van der Waals surface area contributed by atoms with Crippen LogP contribution in [0.4, 0.5) is 0 Å². The van der Waals surface area contributed by atoms with Crippen LogP contribution in [0, 0.1) is 11.3 Å². The summed E-state index contributed by atoms with van der Waals surface area (Å²) in [6, 6.07) is 20.7. The first-order valence-electron chi connectivity index (χ1n) is 12.7. The smallest absolute Gasteiger partial charge is 0.140 e. The zero-order valence-corrected chi connectivity index (χ0v) is 22.0. The number of likely N-dealkylation sites (tertiary alicyclic amines) is 1. The van der Waals surface area contributed by atoms with E-state index < -0.39 is 0 Å². The minimum absolute atomic E-state index is 0.0305. The summed E-state index contributed by atoms with van der Waals surface area (Å²) in [5, 5.41) is 19.7. The van der Waals surface area contributed by atoms with Gasteiger partial charge in [-0.1, -0.05) is 45.0 Å². The Bertz CT molecular complexity index is 1180. The molecule has 0 amide bonds. The second-order valence-corrected chi connectivity index (χ2v) is 11.7. The second-order valence-electron chi connectivity index (χ2n) is 10.6. The lowest BCUT2D eigenvalue weighted by atomic mass is 9.79. The van der Waals surface area contributed by atoms with Gasteiger partial charge in [-0.2, -0.15) is 0 Å². The molecule has 5 nitrogen and oxygen atoms in total. The normalized spacial score (nSPS) is 23.9. The highest BCUT2D eigenvalue weighted by Gasteiger charge is 2.36. The van der Waals surface area contributed by atoms with E-state index in [0.717, 1.165) is 47.2 Å². The lowest BCUT2D eigenvalue weighted by Gasteiger charge is -2.34. The van der Waals surface area contributed by atoms with Crippen LogP contribution < -0.4 is 9.47 Å². The summed E-state index contributed by atoms with van der Waals surface area (Å²) >= 11 is 1.66. The maximum absolute atomic E-state index is 9.97. The van der Waals surface area contributed by atoms with Gasteiger partial charge < -0.3 is 19.7 Å². The van der Waals surface area contributed by atoms with Gasteiger partial charge in [0.25, 0.3) is 0 Å². The molecule has 36 heavy (non-hydrogen) atoms. The van der Waals surface area contributed by atoms with Gasteiger partial charge >= 0.3 is 0 Å². The maximum Gasteiger partial charge on any atom is 0.140 e. The number of hydrogen-bond acceptors (Lipinski definition) is 6. The number of aromatic hydroxyl groups is 2. The van der Waals surface area contributed by atoms with Crippen molar-refractivity contribution in [2.45, 2.75) is 43.4 Å². The highest BCUT2D eigenvalue weighted by atomic mass is 32.2. The standard InChI is InChI=1S/C30H35NO4S/c1-20(2)30(3)14-15-31(19-30)16-17-34-25-11-6-21(7-12-25)28-29(22-4-8-23(32)9-5-22)36-27-18-24(33)10-13-26(27)35-28/h4-13,18,20,28-29,32-33H,14-17,19H2,1-3H3/t28-,29+,30+/m0/s1. The van der Waals surface area contributed by atoms with Crippen LogP contribution >= 0.6 is 11.8 Å². The molecule has 1 fully saturated rings. The van der Waals surface area contributed by atoms with Crippen molar-refractivity contribution in [2.75, 3.05) is 26.2 Å². The molecule has 2 N–H and O–H groups in total. The first kappa shape index (κ1) is 24.8. The Morgan fingerprint density at radius 1 is 1.00 bits per heavy atom.